The van der Waals surface area contributed by atoms with Crippen LogP contribution < -0.4 is 5.32 Å². The summed E-state index contributed by atoms with van der Waals surface area (Å²) in [5.41, 5.74) is -3.89. The van der Waals surface area contributed by atoms with Crippen LogP contribution in [0, 0.1) is 11.3 Å². The minimum absolute atomic E-state index is 0.0561. The van der Waals surface area contributed by atoms with E-state index in [1.54, 1.807) is 6.07 Å². The van der Waals surface area contributed by atoms with E-state index in [-0.39, 0.29) is 28.3 Å². The van der Waals surface area contributed by atoms with E-state index in [4.69, 9.17) is 5.26 Å². The lowest BCUT2D eigenvalue weighted by molar-refractivity contribution is -0.117. The van der Waals surface area contributed by atoms with Crippen LogP contribution in [0.25, 0.3) is 6.08 Å². The highest BCUT2D eigenvalue weighted by Crippen LogP contribution is 2.36. The Labute approximate surface area is 123 Å². The molecule has 7 heteroatoms. The summed E-state index contributed by atoms with van der Waals surface area (Å²) in [6.07, 6.45) is 3.18. The van der Waals surface area contributed by atoms with Crippen LogP contribution in [0.4, 0.5) is 13.2 Å². The molecule has 1 N–H and O–H groups in total. The fourth-order valence-corrected chi connectivity index (χ4v) is 2.11. The molecule has 3 nitrogen and oxygen atoms in total. The summed E-state index contributed by atoms with van der Waals surface area (Å²) in [5, 5.41) is 11.7. The van der Waals surface area contributed by atoms with Crippen molar-refractivity contribution in [3.8, 4) is 6.07 Å². The predicted octanol–water partition coefficient (Wildman–Crippen LogP) is 3.48. The SMILES string of the molecule is N#C/C(=C/c1ccc(SC(F)(F)F)cc1)C(=O)NC1CC1. The van der Waals surface area contributed by atoms with Gasteiger partial charge in [-0.25, -0.2) is 0 Å². The summed E-state index contributed by atoms with van der Waals surface area (Å²) < 4.78 is 36.6. The van der Waals surface area contributed by atoms with Crippen LogP contribution in [0.5, 0.6) is 0 Å². The highest BCUT2D eigenvalue weighted by Gasteiger charge is 2.29. The Morgan fingerprint density at radius 3 is 2.43 bits per heavy atom. The minimum atomic E-state index is -4.33. The van der Waals surface area contributed by atoms with E-state index in [1.807, 2.05) is 0 Å². The lowest BCUT2D eigenvalue weighted by Crippen LogP contribution is -2.26. The second-order valence-electron chi connectivity index (χ2n) is 4.53. The molecule has 0 aromatic heterocycles. The first-order valence-corrected chi connectivity index (χ1v) is 6.97. The molecule has 0 saturated heterocycles. The van der Waals surface area contributed by atoms with E-state index in [2.05, 4.69) is 5.32 Å². The van der Waals surface area contributed by atoms with Gasteiger partial charge in [0.1, 0.15) is 11.6 Å². The molecule has 110 valence electrons. The molecule has 0 unspecified atom stereocenters. The number of alkyl halides is 3. The van der Waals surface area contributed by atoms with Crippen molar-refractivity contribution >= 4 is 23.7 Å². The van der Waals surface area contributed by atoms with E-state index in [9.17, 15) is 18.0 Å². The number of nitrogens with zero attached hydrogens (tertiary/aromatic N) is 1. The highest BCUT2D eigenvalue weighted by molar-refractivity contribution is 8.00. The zero-order chi connectivity index (χ0) is 15.5. The molecule has 0 radical (unpaired) electrons. The average molecular weight is 312 g/mol. The number of thioether (sulfide) groups is 1. The number of carbonyl (C=O) groups excluding carboxylic acids is 1. The molecule has 21 heavy (non-hydrogen) atoms. The second kappa shape index (κ2) is 6.22. The molecular weight excluding hydrogens is 301 g/mol. The molecule has 1 saturated carbocycles. The number of carbonyl (C=O) groups is 1. The maximum atomic E-state index is 12.2. The fraction of sp³-hybridized carbons (Fsp3) is 0.286. The Bertz CT molecular complexity index is 598. The summed E-state index contributed by atoms with van der Waals surface area (Å²) >= 11 is -0.208. The molecule has 1 amide bonds. The molecule has 2 rings (SSSR count). The summed E-state index contributed by atoms with van der Waals surface area (Å²) in [6, 6.07) is 7.43. The molecule has 0 atom stereocenters. The van der Waals surface area contributed by atoms with Crippen molar-refractivity contribution in [2.75, 3.05) is 0 Å². The highest BCUT2D eigenvalue weighted by atomic mass is 32.2. The third kappa shape index (κ3) is 5.16. The van der Waals surface area contributed by atoms with Gasteiger partial charge >= 0.3 is 5.51 Å². The maximum Gasteiger partial charge on any atom is 0.446 e. The number of rotatable bonds is 4. The summed E-state index contributed by atoms with van der Waals surface area (Å²) in [7, 11) is 0. The Balaban J connectivity index is 2.08. The van der Waals surface area contributed by atoms with Gasteiger partial charge in [0.15, 0.2) is 0 Å². The van der Waals surface area contributed by atoms with Gasteiger partial charge in [-0.2, -0.15) is 18.4 Å². The molecule has 1 aliphatic rings. The van der Waals surface area contributed by atoms with Gasteiger partial charge in [-0.3, -0.25) is 4.79 Å². The summed E-state index contributed by atoms with van der Waals surface area (Å²) in [5.74, 6) is -0.450. The van der Waals surface area contributed by atoms with Crippen LogP contribution >= 0.6 is 11.8 Å². The third-order valence-corrected chi connectivity index (χ3v) is 3.44. The largest absolute Gasteiger partial charge is 0.446 e. The molecule has 0 bridgehead atoms. The van der Waals surface area contributed by atoms with E-state index in [0.29, 0.717) is 5.56 Å². The zero-order valence-electron chi connectivity index (χ0n) is 10.8. The maximum absolute atomic E-state index is 12.2. The van der Waals surface area contributed by atoms with Gasteiger partial charge in [-0.1, -0.05) is 12.1 Å². The molecule has 0 spiro atoms. The first kappa shape index (κ1) is 15.4. The number of hydrogen-bond acceptors (Lipinski definition) is 3. The van der Waals surface area contributed by atoms with Gasteiger partial charge in [-0.05, 0) is 48.4 Å². The lowest BCUT2D eigenvalue weighted by Gasteiger charge is -2.05. The molecule has 0 heterocycles. The standard InChI is InChI=1S/C14H11F3N2OS/c15-14(16,17)21-12-5-1-9(2-6-12)7-10(8-18)13(20)19-11-3-4-11/h1-2,5-7,11H,3-4H2,(H,19,20)/b10-7-. The van der Waals surface area contributed by atoms with Crippen molar-refractivity contribution in [3.05, 3.63) is 35.4 Å². The number of amides is 1. The van der Waals surface area contributed by atoms with Crippen molar-refractivity contribution in [1.82, 2.24) is 5.32 Å². The van der Waals surface area contributed by atoms with Crippen molar-refractivity contribution in [2.45, 2.75) is 29.3 Å². The van der Waals surface area contributed by atoms with Crippen LogP contribution in [0.2, 0.25) is 0 Å². The number of hydrogen-bond donors (Lipinski definition) is 1. The van der Waals surface area contributed by atoms with E-state index >= 15 is 0 Å². The molecule has 1 aromatic carbocycles. The van der Waals surface area contributed by atoms with Gasteiger partial charge in [0, 0.05) is 10.9 Å². The Morgan fingerprint density at radius 1 is 1.33 bits per heavy atom. The quantitative estimate of drug-likeness (QED) is 0.526. The van der Waals surface area contributed by atoms with Crippen LogP contribution in [0.1, 0.15) is 18.4 Å². The van der Waals surface area contributed by atoms with Gasteiger partial charge in [-0.15, -0.1) is 0 Å². The number of halogens is 3. The van der Waals surface area contributed by atoms with Crippen molar-refractivity contribution in [1.29, 1.82) is 5.26 Å². The fourth-order valence-electron chi connectivity index (χ4n) is 1.57. The topological polar surface area (TPSA) is 52.9 Å². The van der Waals surface area contributed by atoms with E-state index in [0.717, 1.165) is 12.8 Å². The van der Waals surface area contributed by atoms with Crippen molar-refractivity contribution in [2.24, 2.45) is 0 Å². The predicted molar refractivity (Wildman–Crippen MR) is 73.1 cm³/mol. The average Bonchev–Trinajstić information content (AvgIpc) is 3.20. The number of benzene rings is 1. The van der Waals surface area contributed by atoms with Crippen LogP contribution in [0.3, 0.4) is 0 Å². The summed E-state index contributed by atoms with van der Waals surface area (Å²) in [6.45, 7) is 0. The van der Waals surface area contributed by atoms with Gasteiger partial charge in [0.25, 0.3) is 5.91 Å². The minimum Gasteiger partial charge on any atom is -0.349 e. The smallest absolute Gasteiger partial charge is 0.349 e. The third-order valence-electron chi connectivity index (χ3n) is 2.70. The number of nitrogens with one attached hydrogen (secondary N) is 1. The molecule has 1 aliphatic carbocycles. The lowest BCUT2D eigenvalue weighted by atomic mass is 10.1. The first-order chi connectivity index (χ1) is 9.87. The first-order valence-electron chi connectivity index (χ1n) is 6.16. The molecular formula is C14H11F3N2OS. The van der Waals surface area contributed by atoms with E-state index < -0.39 is 11.4 Å². The monoisotopic (exact) mass is 312 g/mol. The number of nitriles is 1. The van der Waals surface area contributed by atoms with Crippen LogP contribution in [-0.2, 0) is 4.79 Å². The molecule has 0 aliphatic heterocycles. The van der Waals surface area contributed by atoms with Gasteiger partial charge in [0.2, 0.25) is 0 Å². The van der Waals surface area contributed by atoms with Crippen LogP contribution in [-0.4, -0.2) is 17.5 Å². The normalized spacial score (nSPS) is 15.4. The molecule has 1 fully saturated rings. The van der Waals surface area contributed by atoms with E-state index in [1.165, 1.54) is 30.3 Å². The van der Waals surface area contributed by atoms with Crippen molar-refractivity contribution in [3.63, 3.8) is 0 Å². The van der Waals surface area contributed by atoms with Crippen molar-refractivity contribution < 1.29 is 18.0 Å². The van der Waals surface area contributed by atoms with Crippen LogP contribution in [0.15, 0.2) is 34.7 Å². The van der Waals surface area contributed by atoms with Gasteiger partial charge in [0.05, 0.1) is 0 Å². The zero-order valence-corrected chi connectivity index (χ0v) is 11.6. The van der Waals surface area contributed by atoms with Gasteiger partial charge < -0.3 is 5.32 Å². The Morgan fingerprint density at radius 2 is 1.95 bits per heavy atom. The summed E-state index contributed by atoms with van der Waals surface area (Å²) in [4.78, 5) is 11.8. The Hall–Kier alpha value is -1.94. The Kier molecular flexibility index (Phi) is 4.58. The second-order valence-corrected chi connectivity index (χ2v) is 5.67. The molecule has 1 aromatic rings.